The molecule has 2 rings (SSSR count). The number of benzene rings is 1. The molecular formula is C20H28N4O5. The van der Waals surface area contributed by atoms with Gasteiger partial charge in [0.2, 0.25) is 11.8 Å². The molecule has 0 unspecified atom stereocenters. The highest BCUT2D eigenvalue weighted by atomic mass is 16.5. The maximum atomic E-state index is 12.9. The van der Waals surface area contributed by atoms with Crippen LogP contribution in [0.25, 0.3) is 0 Å². The minimum absolute atomic E-state index is 0.0805. The average molecular weight is 404 g/mol. The van der Waals surface area contributed by atoms with Gasteiger partial charge in [-0.15, -0.1) is 0 Å². The molecule has 9 nitrogen and oxygen atoms in total. The van der Waals surface area contributed by atoms with E-state index in [4.69, 9.17) is 0 Å². The third-order valence-electron chi connectivity index (χ3n) is 4.88. The van der Waals surface area contributed by atoms with Crippen molar-refractivity contribution < 1.29 is 24.4 Å². The van der Waals surface area contributed by atoms with Crippen molar-refractivity contribution in [1.82, 2.24) is 21.2 Å². The quantitative estimate of drug-likeness (QED) is 0.266. The number of carbonyl (C=O) groups excluding carboxylic acids is 4. The highest BCUT2D eigenvalue weighted by Crippen LogP contribution is 2.26. The number of hydroxylamine groups is 1. The number of aryl methyl sites for hydroxylation is 1. The van der Waals surface area contributed by atoms with Crippen molar-refractivity contribution in [3.8, 4) is 0 Å². The van der Waals surface area contributed by atoms with Gasteiger partial charge in [0.25, 0.3) is 5.91 Å². The molecule has 158 valence electrons. The molecule has 0 radical (unpaired) electrons. The van der Waals surface area contributed by atoms with Crippen molar-refractivity contribution in [2.45, 2.75) is 39.5 Å². The summed E-state index contributed by atoms with van der Waals surface area (Å²) in [5.41, 5.74) is 5.09. The van der Waals surface area contributed by atoms with Crippen LogP contribution in [-0.4, -0.2) is 40.5 Å². The number of nitrogens with zero attached hydrogens (tertiary/aromatic N) is 1. The summed E-state index contributed by atoms with van der Waals surface area (Å²) in [6.07, 6.45) is 2.08. The van der Waals surface area contributed by atoms with Crippen molar-refractivity contribution in [2.75, 3.05) is 6.54 Å². The average Bonchev–Trinajstić information content (AvgIpc) is 3.01. The van der Waals surface area contributed by atoms with Crippen LogP contribution in [0.4, 0.5) is 4.79 Å². The van der Waals surface area contributed by atoms with Crippen LogP contribution in [0.2, 0.25) is 0 Å². The topological polar surface area (TPSA) is 128 Å². The zero-order valence-electron chi connectivity index (χ0n) is 16.7. The molecule has 0 aromatic heterocycles. The predicted octanol–water partition coefficient (Wildman–Crippen LogP) is 1.38. The summed E-state index contributed by atoms with van der Waals surface area (Å²) < 4.78 is 0. The Balaban J connectivity index is 2.12. The van der Waals surface area contributed by atoms with Crippen molar-refractivity contribution >= 4 is 23.8 Å². The van der Waals surface area contributed by atoms with Crippen LogP contribution in [0.1, 0.15) is 38.7 Å². The van der Waals surface area contributed by atoms with Crippen LogP contribution in [0.15, 0.2) is 30.3 Å². The molecule has 1 aliphatic heterocycles. The zero-order chi connectivity index (χ0) is 21.4. The minimum atomic E-state index is -0.806. The zero-order valence-corrected chi connectivity index (χ0v) is 16.7. The second kappa shape index (κ2) is 10.6. The van der Waals surface area contributed by atoms with E-state index in [0.29, 0.717) is 24.3 Å². The first-order valence-corrected chi connectivity index (χ1v) is 9.72. The van der Waals surface area contributed by atoms with Crippen LogP contribution in [0, 0.1) is 17.8 Å². The van der Waals surface area contributed by atoms with E-state index in [1.807, 2.05) is 44.2 Å². The van der Waals surface area contributed by atoms with Gasteiger partial charge >= 0.3 is 6.03 Å². The van der Waals surface area contributed by atoms with Crippen molar-refractivity contribution in [2.24, 2.45) is 17.8 Å². The third-order valence-corrected chi connectivity index (χ3v) is 4.88. The number of imide groups is 1. The third kappa shape index (κ3) is 6.28. The second-order valence-electron chi connectivity index (χ2n) is 7.56. The lowest BCUT2D eigenvalue weighted by atomic mass is 9.81. The van der Waals surface area contributed by atoms with Gasteiger partial charge in [-0.1, -0.05) is 44.2 Å². The molecule has 1 saturated heterocycles. The summed E-state index contributed by atoms with van der Waals surface area (Å²) >= 11 is 0. The van der Waals surface area contributed by atoms with E-state index in [1.54, 1.807) is 5.48 Å². The molecule has 2 atom stereocenters. The first-order valence-electron chi connectivity index (χ1n) is 9.72. The Morgan fingerprint density at radius 3 is 2.38 bits per heavy atom. The largest absolute Gasteiger partial charge is 0.343 e. The molecule has 0 aliphatic carbocycles. The van der Waals surface area contributed by atoms with E-state index in [1.165, 1.54) is 0 Å². The number of rotatable bonds is 10. The Morgan fingerprint density at radius 2 is 1.83 bits per heavy atom. The number of nitrogens with one attached hydrogen (secondary N) is 3. The Morgan fingerprint density at radius 1 is 1.14 bits per heavy atom. The first-order chi connectivity index (χ1) is 13.8. The molecule has 4 N–H and O–H groups in total. The van der Waals surface area contributed by atoms with Crippen LogP contribution in [-0.2, 0) is 20.8 Å². The lowest BCUT2D eigenvalue weighted by Crippen LogP contribution is -2.51. The van der Waals surface area contributed by atoms with Crippen LogP contribution < -0.4 is 16.2 Å². The fourth-order valence-corrected chi connectivity index (χ4v) is 3.46. The SMILES string of the molecule is CC(C)C[C@@H](C(=O)NN1C(=O)CNC1=O)[C@H](CCCc1ccccc1)C(=O)NO. The Hall–Kier alpha value is -2.94. The Labute approximate surface area is 169 Å². The van der Waals surface area contributed by atoms with Gasteiger partial charge in [-0.3, -0.25) is 25.0 Å². The molecule has 1 aliphatic rings. The Kier molecular flexibility index (Phi) is 8.14. The van der Waals surface area contributed by atoms with Crippen molar-refractivity contribution in [1.29, 1.82) is 0 Å². The predicted molar refractivity (Wildman–Crippen MR) is 104 cm³/mol. The van der Waals surface area contributed by atoms with Gasteiger partial charge in [0, 0.05) is 0 Å². The molecule has 0 bridgehead atoms. The summed E-state index contributed by atoms with van der Waals surface area (Å²) in [7, 11) is 0. The number of hydrogen-bond donors (Lipinski definition) is 4. The highest BCUT2D eigenvalue weighted by Gasteiger charge is 2.37. The number of hydrazine groups is 1. The van der Waals surface area contributed by atoms with Gasteiger partial charge in [0.15, 0.2) is 0 Å². The fourth-order valence-electron chi connectivity index (χ4n) is 3.46. The molecule has 0 saturated carbocycles. The summed E-state index contributed by atoms with van der Waals surface area (Å²) in [6.45, 7) is 3.63. The van der Waals surface area contributed by atoms with Crippen LogP contribution in [0.5, 0.6) is 0 Å². The van der Waals surface area contributed by atoms with Gasteiger partial charge in [0.05, 0.1) is 11.8 Å². The van der Waals surface area contributed by atoms with Gasteiger partial charge < -0.3 is 5.32 Å². The maximum absolute atomic E-state index is 12.9. The molecule has 5 amide bonds. The highest BCUT2D eigenvalue weighted by molar-refractivity contribution is 6.03. The van der Waals surface area contributed by atoms with E-state index < -0.39 is 35.6 Å². The summed E-state index contributed by atoms with van der Waals surface area (Å²) in [5, 5.41) is 12.2. The number of carbonyl (C=O) groups is 4. The molecule has 9 heteroatoms. The number of hydrogen-bond acceptors (Lipinski definition) is 5. The van der Waals surface area contributed by atoms with E-state index in [2.05, 4.69) is 10.7 Å². The Bertz CT molecular complexity index is 722. The molecular weight excluding hydrogens is 376 g/mol. The lowest BCUT2D eigenvalue weighted by Gasteiger charge is -2.27. The van der Waals surface area contributed by atoms with E-state index in [-0.39, 0.29) is 12.5 Å². The second-order valence-corrected chi connectivity index (χ2v) is 7.56. The molecule has 1 aromatic rings. The summed E-state index contributed by atoms with van der Waals surface area (Å²) in [6, 6.07) is 9.04. The van der Waals surface area contributed by atoms with Crippen molar-refractivity contribution in [3.63, 3.8) is 0 Å². The number of amides is 5. The molecule has 29 heavy (non-hydrogen) atoms. The van der Waals surface area contributed by atoms with E-state index in [9.17, 15) is 24.4 Å². The van der Waals surface area contributed by atoms with Crippen LogP contribution >= 0.6 is 0 Å². The summed E-state index contributed by atoms with van der Waals surface area (Å²) in [5.74, 6) is -3.35. The molecule has 1 heterocycles. The molecule has 1 fully saturated rings. The maximum Gasteiger partial charge on any atom is 0.343 e. The van der Waals surface area contributed by atoms with Gasteiger partial charge in [0.1, 0.15) is 6.54 Å². The first kappa shape index (κ1) is 22.4. The van der Waals surface area contributed by atoms with Gasteiger partial charge in [-0.25, -0.2) is 10.3 Å². The van der Waals surface area contributed by atoms with Gasteiger partial charge in [-0.05, 0) is 37.2 Å². The number of urea groups is 1. The minimum Gasteiger partial charge on any atom is -0.327 e. The molecule has 0 spiro atoms. The monoisotopic (exact) mass is 404 g/mol. The molecule has 1 aromatic carbocycles. The smallest absolute Gasteiger partial charge is 0.327 e. The van der Waals surface area contributed by atoms with E-state index >= 15 is 0 Å². The normalized spacial score (nSPS) is 15.8. The summed E-state index contributed by atoms with van der Waals surface area (Å²) in [4.78, 5) is 48.7. The van der Waals surface area contributed by atoms with Gasteiger partial charge in [-0.2, -0.15) is 5.01 Å². The fraction of sp³-hybridized carbons (Fsp3) is 0.500. The lowest BCUT2D eigenvalue weighted by molar-refractivity contribution is -0.144. The van der Waals surface area contributed by atoms with Crippen molar-refractivity contribution in [3.05, 3.63) is 35.9 Å². The van der Waals surface area contributed by atoms with E-state index in [0.717, 1.165) is 12.0 Å². The van der Waals surface area contributed by atoms with Crippen LogP contribution in [0.3, 0.4) is 0 Å². The standard InChI is InChI=1S/C20H28N4O5/c1-13(2)11-16(18(26)22-24-17(25)12-21-20(24)28)15(19(27)23-29)10-6-9-14-7-4-3-5-8-14/h3-5,7-8,13,15-16,29H,6,9-12H2,1-2H3,(H,21,28)(H,22,26)(H,23,27)/t15-,16+/m0/s1.